The molecule has 200 valence electrons. The Balaban J connectivity index is 3.49. The second kappa shape index (κ2) is 26.3. The maximum Gasteiger partial charge on any atom is 0.306 e. The van der Waals surface area contributed by atoms with E-state index in [1.807, 2.05) is 0 Å². The van der Waals surface area contributed by atoms with Crippen molar-refractivity contribution in [2.45, 2.75) is 161 Å². The first-order chi connectivity index (χ1) is 16.6. The molecule has 0 aliphatic heterocycles. The molecule has 1 atom stereocenters. The summed E-state index contributed by atoms with van der Waals surface area (Å²) in [5, 5.41) is 18.1. The molecular weight excluding hydrogens is 424 g/mol. The lowest BCUT2D eigenvalue weighted by atomic mass is 9.94. The first kappa shape index (κ1) is 32.7. The van der Waals surface area contributed by atoms with Crippen LogP contribution in [0.5, 0.6) is 0 Å². The fourth-order valence-electron chi connectivity index (χ4n) is 4.58. The van der Waals surface area contributed by atoms with E-state index in [0.29, 0.717) is 6.42 Å². The highest BCUT2D eigenvalue weighted by Crippen LogP contribution is 2.20. The molecule has 34 heavy (non-hydrogen) atoms. The highest BCUT2D eigenvalue weighted by molar-refractivity contribution is 5.69. The van der Waals surface area contributed by atoms with Crippen LogP contribution in [0.3, 0.4) is 0 Å². The van der Waals surface area contributed by atoms with Crippen LogP contribution >= 0.6 is 0 Å². The smallest absolute Gasteiger partial charge is 0.306 e. The fourth-order valence-corrected chi connectivity index (χ4v) is 4.58. The maximum atomic E-state index is 11.6. The molecule has 0 aromatic rings. The zero-order valence-corrected chi connectivity index (χ0v) is 22.4. The number of hydrogen-bond acceptors (Lipinski definition) is 2. The van der Waals surface area contributed by atoms with E-state index in [4.69, 9.17) is 5.11 Å². The molecule has 4 nitrogen and oxygen atoms in total. The minimum Gasteiger partial charge on any atom is -0.481 e. The summed E-state index contributed by atoms with van der Waals surface area (Å²) >= 11 is 0. The van der Waals surface area contributed by atoms with Crippen molar-refractivity contribution in [3.05, 3.63) is 12.2 Å². The molecule has 1 unspecified atom stereocenters. The van der Waals surface area contributed by atoms with Crippen LogP contribution in [0, 0.1) is 5.92 Å². The van der Waals surface area contributed by atoms with Crippen molar-refractivity contribution in [3.8, 4) is 0 Å². The number of carbonyl (C=O) groups is 2. The Morgan fingerprint density at radius 1 is 0.559 bits per heavy atom. The quantitative estimate of drug-likeness (QED) is 0.0906. The third-order valence-corrected chi connectivity index (χ3v) is 6.86. The number of carboxylic acid groups (broad SMARTS) is 2. The topological polar surface area (TPSA) is 74.6 Å². The van der Waals surface area contributed by atoms with Crippen LogP contribution in [-0.2, 0) is 9.59 Å². The van der Waals surface area contributed by atoms with Gasteiger partial charge in [0.25, 0.3) is 0 Å². The summed E-state index contributed by atoms with van der Waals surface area (Å²) in [4.78, 5) is 22.0. The Morgan fingerprint density at radius 3 is 1.35 bits per heavy atom. The van der Waals surface area contributed by atoms with Crippen LogP contribution in [0.2, 0.25) is 0 Å². The zero-order valence-electron chi connectivity index (χ0n) is 22.4. The molecule has 0 heterocycles. The molecule has 0 aromatic heterocycles. The second-order valence-electron chi connectivity index (χ2n) is 10.2. The van der Waals surface area contributed by atoms with Crippen LogP contribution in [0.15, 0.2) is 12.2 Å². The monoisotopic (exact) mass is 480 g/mol. The first-order valence-electron chi connectivity index (χ1n) is 14.7. The van der Waals surface area contributed by atoms with Crippen molar-refractivity contribution in [2.24, 2.45) is 5.92 Å². The van der Waals surface area contributed by atoms with Crippen molar-refractivity contribution < 1.29 is 19.8 Å². The fraction of sp³-hybridized carbons (Fsp3) is 0.867. The van der Waals surface area contributed by atoms with Crippen LogP contribution in [0.25, 0.3) is 0 Å². The minimum absolute atomic E-state index is 0.161. The molecule has 0 aliphatic carbocycles. The molecule has 2 N–H and O–H groups in total. The summed E-state index contributed by atoms with van der Waals surface area (Å²) in [5.41, 5.74) is 0. The Hall–Kier alpha value is -1.32. The number of rotatable bonds is 27. The molecule has 0 amide bonds. The molecule has 4 heteroatoms. The number of allylic oxidation sites excluding steroid dienone is 2. The van der Waals surface area contributed by atoms with E-state index in [0.717, 1.165) is 57.8 Å². The number of aliphatic carboxylic acids is 2. The second-order valence-corrected chi connectivity index (χ2v) is 10.2. The Kier molecular flexibility index (Phi) is 25.3. The van der Waals surface area contributed by atoms with Gasteiger partial charge < -0.3 is 10.2 Å². The van der Waals surface area contributed by atoms with Gasteiger partial charge in [-0.3, -0.25) is 9.59 Å². The summed E-state index contributed by atoms with van der Waals surface area (Å²) in [6, 6.07) is 0. The molecule has 0 saturated heterocycles. The van der Waals surface area contributed by atoms with Gasteiger partial charge in [0.2, 0.25) is 0 Å². The van der Waals surface area contributed by atoms with Gasteiger partial charge >= 0.3 is 11.9 Å². The van der Waals surface area contributed by atoms with E-state index < -0.39 is 11.9 Å². The number of hydrogen-bond donors (Lipinski definition) is 2. The van der Waals surface area contributed by atoms with E-state index in [9.17, 15) is 14.7 Å². The predicted octanol–water partition coefficient (Wildman–Crippen LogP) is 9.71. The zero-order chi connectivity index (χ0) is 25.1. The third-order valence-electron chi connectivity index (χ3n) is 6.86. The van der Waals surface area contributed by atoms with Crippen LogP contribution in [0.4, 0.5) is 0 Å². The van der Waals surface area contributed by atoms with Gasteiger partial charge in [0, 0.05) is 6.42 Å². The van der Waals surface area contributed by atoms with Gasteiger partial charge in [0.1, 0.15) is 0 Å². The maximum absolute atomic E-state index is 11.6. The van der Waals surface area contributed by atoms with Gasteiger partial charge in [-0.05, 0) is 44.9 Å². The first-order valence-corrected chi connectivity index (χ1v) is 14.7. The molecule has 0 saturated carbocycles. The van der Waals surface area contributed by atoms with Crippen molar-refractivity contribution in [1.29, 1.82) is 0 Å². The Morgan fingerprint density at radius 2 is 0.941 bits per heavy atom. The molecular formula is C30H56O4. The Labute approximate surface area is 211 Å². The SMILES string of the molecule is CCCCCCCCC=CCCCCCCC(CCCCCCCCCCCC(=O)O)C(=O)O. The van der Waals surface area contributed by atoms with Crippen molar-refractivity contribution in [1.82, 2.24) is 0 Å². The third kappa shape index (κ3) is 25.3. The highest BCUT2D eigenvalue weighted by atomic mass is 16.4. The lowest BCUT2D eigenvalue weighted by molar-refractivity contribution is -0.142. The molecule has 0 radical (unpaired) electrons. The van der Waals surface area contributed by atoms with Crippen molar-refractivity contribution >= 4 is 11.9 Å². The minimum atomic E-state index is -0.693. The molecule has 0 aromatic carbocycles. The average Bonchev–Trinajstić information content (AvgIpc) is 2.80. The predicted molar refractivity (Wildman–Crippen MR) is 144 cm³/mol. The summed E-state index contributed by atoms with van der Waals surface area (Å²) in [5.74, 6) is -1.47. The largest absolute Gasteiger partial charge is 0.481 e. The highest BCUT2D eigenvalue weighted by Gasteiger charge is 2.16. The summed E-state index contributed by atoms with van der Waals surface area (Å²) in [7, 11) is 0. The van der Waals surface area contributed by atoms with Gasteiger partial charge in [-0.2, -0.15) is 0 Å². The molecule has 0 aliphatic rings. The summed E-state index contributed by atoms with van der Waals surface area (Å²) < 4.78 is 0. The Bertz CT molecular complexity index is 486. The number of carboxylic acids is 2. The van der Waals surface area contributed by atoms with Gasteiger partial charge in [-0.25, -0.2) is 0 Å². The normalized spacial score (nSPS) is 12.4. The standard InChI is InChI=1S/C30H56O4/c1-2-3-4-5-6-7-8-9-10-11-13-16-19-22-25-28(30(33)34)26-23-20-17-14-12-15-18-21-24-27-29(31)32/h9-10,28H,2-8,11-27H2,1H3,(H,31,32)(H,33,34). The van der Waals surface area contributed by atoms with E-state index in [-0.39, 0.29) is 5.92 Å². The van der Waals surface area contributed by atoms with E-state index in [1.165, 1.54) is 89.9 Å². The lowest BCUT2D eigenvalue weighted by Crippen LogP contribution is -2.13. The van der Waals surface area contributed by atoms with E-state index in [2.05, 4.69) is 19.1 Å². The molecule has 0 fully saturated rings. The summed E-state index contributed by atoms with van der Waals surface area (Å²) in [6.07, 6.45) is 31.7. The van der Waals surface area contributed by atoms with Gasteiger partial charge in [-0.15, -0.1) is 0 Å². The summed E-state index contributed by atoms with van der Waals surface area (Å²) in [6.45, 7) is 2.26. The molecule has 0 spiro atoms. The van der Waals surface area contributed by atoms with Crippen LogP contribution in [-0.4, -0.2) is 22.2 Å². The van der Waals surface area contributed by atoms with Crippen molar-refractivity contribution in [3.63, 3.8) is 0 Å². The van der Waals surface area contributed by atoms with Crippen LogP contribution < -0.4 is 0 Å². The molecule has 0 bridgehead atoms. The van der Waals surface area contributed by atoms with Gasteiger partial charge in [-0.1, -0.05) is 122 Å². The van der Waals surface area contributed by atoms with E-state index in [1.54, 1.807) is 0 Å². The lowest BCUT2D eigenvalue weighted by Gasteiger charge is -2.12. The van der Waals surface area contributed by atoms with Crippen LogP contribution in [0.1, 0.15) is 161 Å². The average molecular weight is 481 g/mol. The molecule has 0 rings (SSSR count). The van der Waals surface area contributed by atoms with Gasteiger partial charge in [0.15, 0.2) is 0 Å². The number of unbranched alkanes of at least 4 members (excludes halogenated alkanes) is 18. The van der Waals surface area contributed by atoms with Gasteiger partial charge in [0.05, 0.1) is 5.92 Å². The van der Waals surface area contributed by atoms with E-state index >= 15 is 0 Å². The van der Waals surface area contributed by atoms with Crippen molar-refractivity contribution in [2.75, 3.05) is 0 Å².